The Labute approximate surface area is 117 Å². The van der Waals surface area contributed by atoms with Gasteiger partial charge in [0.2, 0.25) is 0 Å². The fourth-order valence-corrected chi connectivity index (χ4v) is 4.08. The molecule has 0 unspecified atom stereocenters. The predicted molar refractivity (Wildman–Crippen MR) is 78.8 cm³/mol. The second kappa shape index (κ2) is 5.73. The molecule has 0 amide bonds. The Bertz CT molecular complexity index is 663. The fourth-order valence-electron chi connectivity index (χ4n) is 1.69. The molecule has 1 aromatic carbocycles. The summed E-state index contributed by atoms with van der Waals surface area (Å²) in [4.78, 5) is 1.05. The molecule has 102 valence electrons. The lowest BCUT2D eigenvalue weighted by Crippen LogP contribution is -2.13. The third-order valence-electron chi connectivity index (χ3n) is 2.73. The van der Waals surface area contributed by atoms with E-state index < -0.39 is 10.0 Å². The maximum absolute atomic E-state index is 12.3. The lowest BCUT2D eigenvalue weighted by Gasteiger charge is -2.10. The number of aryl methyl sites for hydroxylation is 1. The average molecular weight is 296 g/mol. The maximum atomic E-state index is 12.3. The number of thiophene rings is 1. The molecule has 0 aliphatic carbocycles. The molecule has 4 nitrogen and oxygen atoms in total. The first-order chi connectivity index (χ1) is 9.06. The summed E-state index contributed by atoms with van der Waals surface area (Å²) in [5, 5.41) is 0. The lowest BCUT2D eigenvalue weighted by molar-refractivity contribution is 0.603. The predicted octanol–water partition coefficient (Wildman–Crippen LogP) is 2.57. The van der Waals surface area contributed by atoms with Gasteiger partial charge in [0.1, 0.15) is 4.21 Å². The lowest BCUT2D eigenvalue weighted by atomic mass is 10.2. The van der Waals surface area contributed by atoms with Crippen molar-refractivity contribution in [2.45, 2.75) is 24.1 Å². The molecule has 2 aromatic rings. The van der Waals surface area contributed by atoms with Gasteiger partial charge in [-0.05, 0) is 30.2 Å². The van der Waals surface area contributed by atoms with Gasteiger partial charge in [0, 0.05) is 11.4 Å². The van der Waals surface area contributed by atoms with E-state index in [-0.39, 0.29) is 0 Å². The van der Waals surface area contributed by atoms with Crippen molar-refractivity contribution >= 4 is 27.0 Å². The summed E-state index contributed by atoms with van der Waals surface area (Å²) in [5.41, 5.74) is 6.92. The van der Waals surface area contributed by atoms with Crippen molar-refractivity contribution in [2.24, 2.45) is 5.73 Å². The number of anilines is 1. The van der Waals surface area contributed by atoms with Crippen molar-refractivity contribution in [1.29, 1.82) is 0 Å². The Morgan fingerprint density at radius 3 is 2.58 bits per heavy atom. The first-order valence-electron chi connectivity index (χ1n) is 5.96. The van der Waals surface area contributed by atoms with Crippen molar-refractivity contribution in [3.05, 3.63) is 46.8 Å². The molecule has 1 aromatic heterocycles. The number of rotatable bonds is 5. The molecule has 0 aliphatic heterocycles. The summed E-state index contributed by atoms with van der Waals surface area (Å²) < 4.78 is 27.4. The van der Waals surface area contributed by atoms with Crippen molar-refractivity contribution in [3.63, 3.8) is 0 Å². The minimum atomic E-state index is -3.52. The van der Waals surface area contributed by atoms with E-state index in [1.165, 1.54) is 11.3 Å². The second-order valence-electron chi connectivity index (χ2n) is 4.04. The van der Waals surface area contributed by atoms with Crippen LogP contribution in [-0.4, -0.2) is 8.42 Å². The van der Waals surface area contributed by atoms with Crippen molar-refractivity contribution in [2.75, 3.05) is 4.72 Å². The van der Waals surface area contributed by atoms with Crippen LogP contribution < -0.4 is 10.5 Å². The van der Waals surface area contributed by atoms with Crippen LogP contribution in [0.4, 0.5) is 5.69 Å². The van der Waals surface area contributed by atoms with Crippen LogP contribution >= 0.6 is 11.3 Å². The van der Waals surface area contributed by atoms with Gasteiger partial charge in [0.25, 0.3) is 10.0 Å². The topological polar surface area (TPSA) is 72.2 Å². The zero-order valence-corrected chi connectivity index (χ0v) is 12.2. The molecule has 0 saturated heterocycles. The third kappa shape index (κ3) is 3.15. The quantitative estimate of drug-likeness (QED) is 0.890. The summed E-state index contributed by atoms with van der Waals surface area (Å²) in [7, 11) is -3.52. The molecule has 0 atom stereocenters. The molecule has 3 N–H and O–H groups in total. The maximum Gasteiger partial charge on any atom is 0.271 e. The van der Waals surface area contributed by atoms with Crippen molar-refractivity contribution < 1.29 is 8.42 Å². The summed E-state index contributed by atoms with van der Waals surface area (Å²) in [6.07, 6.45) is 0.833. The summed E-state index contributed by atoms with van der Waals surface area (Å²) >= 11 is 1.29. The molecule has 6 heteroatoms. The molecular weight excluding hydrogens is 280 g/mol. The number of hydrogen-bond acceptors (Lipinski definition) is 4. The van der Waals surface area contributed by atoms with E-state index in [0.717, 1.165) is 16.9 Å². The van der Waals surface area contributed by atoms with Crippen LogP contribution in [0.1, 0.15) is 17.4 Å². The van der Waals surface area contributed by atoms with E-state index in [2.05, 4.69) is 4.72 Å². The van der Waals surface area contributed by atoms with Gasteiger partial charge >= 0.3 is 0 Å². The van der Waals surface area contributed by atoms with Gasteiger partial charge in [-0.1, -0.05) is 25.1 Å². The smallest absolute Gasteiger partial charge is 0.271 e. The fraction of sp³-hybridized carbons (Fsp3) is 0.231. The number of hydrogen-bond donors (Lipinski definition) is 2. The molecule has 0 saturated carbocycles. The SMILES string of the molecule is CCc1ccc(S(=O)(=O)Nc2ccccc2CN)s1. The first kappa shape index (κ1) is 14.0. The van der Waals surface area contributed by atoms with Crippen LogP contribution in [0.15, 0.2) is 40.6 Å². The van der Waals surface area contributed by atoms with Crippen molar-refractivity contribution in [3.8, 4) is 0 Å². The standard InChI is InChI=1S/C13H16N2O2S2/c1-2-11-7-8-13(18-11)19(16,17)15-12-6-4-3-5-10(12)9-14/h3-8,15H,2,9,14H2,1H3. The average Bonchev–Trinajstić information content (AvgIpc) is 2.88. The number of para-hydroxylation sites is 1. The van der Waals surface area contributed by atoms with Gasteiger partial charge < -0.3 is 5.73 Å². The van der Waals surface area contributed by atoms with Crippen LogP contribution in [0.3, 0.4) is 0 Å². The van der Waals surface area contributed by atoms with E-state index in [9.17, 15) is 8.42 Å². The second-order valence-corrected chi connectivity index (χ2v) is 7.12. The van der Waals surface area contributed by atoms with E-state index in [1.54, 1.807) is 18.2 Å². The van der Waals surface area contributed by atoms with Gasteiger partial charge in [0.05, 0.1) is 5.69 Å². The summed E-state index contributed by atoms with van der Waals surface area (Å²) in [5.74, 6) is 0. The Morgan fingerprint density at radius 2 is 1.95 bits per heavy atom. The largest absolute Gasteiger partial charge is 0.326 e. The number of nitrogens with two attached hydrogens (primary N) is 1. The van der Waals surface area contributed by atoms with E-state index in [4.69, 9.17) is 5.73 Å². The zero-order chi connectivity index (χ0) is 13.9. The first-order valence-corrected chi connectivity index (χ1v) is 8.26. The number of sulfonamides is 1. The minimum Gasteiger partial charge on any atom is -0.326 e. The Morgan fingerprint density at radius 1 is 1.21 bits per heavy atom. The van der Waals surface area contributed by atoms with Crippen LogP contribution in [0, 0.1) is 0 Å². The molecule has 1 heterocycles. The van der Waals surface area contributed by atoms with Crippen molar-refractivity contribution in [1.82, 2.24) is 0 Å². The molecule has 19 heavy (non-hydrogen) atoms. The van der Waals surface area contributed by atoms with Crippen LogP contribution in [0.5, 0.6) is 0 Å². The number of benzene rings is 1. The van der Waals surface area contributed by atoms with Gasteiger partial charge in [-0.25, -0.2) is 8.42 Å². The molecule has 0 fully saturated rings. The highest BCUT2D eigenvalue weighted by Gasteiger charge is 2.17. The number of nitrogens with one attached hydrogen (secondary N) is 1. The third-order valence-corrected chi connectivity index (χ3v) is 5.82. The molecule has 0 bridgehead atoms. The zero-order valence-electron chi connectivity index (χ0n) is 10.6. The highest BCUT2D eigenvalue weighted by Crippen LogP contribution is 2.25. The highest BCUT2D eigenvalue weighted by atomic mass is 32.2. The van der Waals surface area contributed by atoms with Crippen LogP contribution in [0.2, 0.25) is 0 Å². The van der Waals surface area contributed by atoms with E-state index in [0.29, 0.717) is 16.4 Å². The summed E-state index contributed by atoms with van der Waals surface area (Å²) in [6, 6.07) is 10.6. The highest BCUT2D eigenvalue weighted by molar-refractivity contribution is 7.94. The molecule has 0 radical (unpaired) electrons. The van der Waals surface area contributed by atoms with Gasteiger partial charge in [-0.2, -0.15) is 0 Å². The Balaban J connectivity index is 2.31. The van der Waals surface area contributed by atoms with Gasteiger partial charge in [0.15, 0.2) is 0 Å². The van der Waals surface area contributed by atoms with Crippen LogP contribution in [-0.2, 0) is 23.0 Å². The van der Waals surface area contributed by atoms with E-state index >= 15 is 0 Å². The molecule has 0 spiro atoms. The monoisotopic (exact) mass is 296 g/mol. The Kier molecular flexibility index (Phi) is 4.24. The molecular formula is C13H16N2O2S2. The normalized spacial score (nSPS) is 11.5. The van der Waals surface area contributed by atoms with Crippen LogP contribution in [0.25, 0.3) is 0 Å². The van der Waals surface area contributed by atoms with Gasteiger partial charge in [-0.15, -0.1) is 11.3 Å². The summed E-state index contributed by atoms with van der Waals surface area (Å²) in [6.45, 7) is 2.29. The molecule has 0 aliphatic rings. The molecule has 2 rings (SSSR count). The minimum absolute atomic E-state index is 0.295. The van der Waals surface area contributed by atoms with E-state index in [1.807, 2.05) is 25.1 Å². The van der Waals surface area contributed by atoms with Gasteiger partial charge in [-0.3, -0.25) is 4.72 Å². The Hall–Kier alpha value is -1.37.